The molecule has 0 amide bonds. The largest absolute Gasteiger partial charge is 0.473 e. The zero-order valence-corrected chi connectivity index (χ0v) is 3.56. The molecule has 0 aromatic rings. The highest BCUT2D eigenvalue weighted by atomic mass is 16.5. The fourth-order valence-electron chi connectivity index (χ4n) is 0.0929. The molecule has 0 saturated heterocycles. The summed E-state index contributed by atoms with van der Waals surface area (Å²) in [6.45, 7) is -4.98. The second kappa shape index (κ2) is 5.28. The maximum Gasteiger partial charge on any atom is 0.104 e. The van der Waals surface area contributed by atoms with Crippen molar-refractivity contribution in [2.24, 2.45) is 0 Å². The Kier molecular flexibility index (Phi) is 0.749. The summed E-state index contributed by atoms with van der Waals surface area (Å²) in [6, 6.07) is 0. The van der Waals surface area contributed by atoms with Crippen LogP contribution in [0.25, 0.3) is 0 Å². The summed E-state index contributed by atoms with van der Waals surface area (Å²) in [4.78, 5) is 0. The number of allylic oxidation sites excluding steroid dienone is 2. The topological polar surface area (TPSA) is 9.23 Å². The van der Waals surface area contributed by atoms with E-state index in [1.54, 1.807) is 0 Å². The summed E-state index contributed by atoms with van der Waals surface area (Å²) in [6.07, 6.45) is -0.537. The summed E-state index contributed by atoms with van der Waals surface area (Å²) in [5.41, 5.74) is 0. The van der Waals surface area contributed by atoms with Crippen LogP contribution >= 0.6 is 0 Å². The van der Waals surface area contributed by atoms with Crippen LogP contribution in [-0.2, 0) is 4.74 Å². The smallest absolute Gasteiger partial charge is 0.104 e. The van der Waals surface area contributed by atoms with Gasteiger partial charge in [0.15, 0.2) is 0 Å². The van der Waals surface area contributed by atoms with Gasteiger partial charge in [-0.15, -0.1) is 0 Å². The molecule has 40 valence electrons. The zero-order chi connectivity index (χ0) is 12.3. The molecule has 0 rings (SSSR count). The maximum absolute atomic E-state index is 7.00. The molecule has 0 aliphatic heterocycles. The Morgan fingerprint density at radius 1 is 1.43 bits per heavy atom. The monoisotopic (exact) mass is 106 g/mol. The third kappa shape index (κ3) is 5.28. The van der Waals surface area contributed by atoms with E-state index in [4.69, 9.17) is 11.0 Å². The minimum atomic E-state index is -2.49. The number of hydrogen-bond acceptors (Lipinski definition) is 1. The van der Waals surface area contributed by atoms with Gasteiger partial charge in [0.2, 0.25) is 0 Å². The minimum absolute atomic E-state index is 0.509. The Morgan fingerprint density at radius 3 is 2.43 bits per heavy atom. The molecule has 0 aromatic carbocycles. The highest BCUT2D eigenvalue weighted by molar-refractivity contribution is 4.73. The highest BCUT2D eigenvalue weighted by Gasteiger charge is 1.57. The van der Waals surface area contributed by atoms with Crippen molar-refractivity contribution in [1.29, 1.82) is 0 Å². The third-order valence-corrected chi connectivity index (χ3v) is 0.236. The van der Waals surface area contributed by atoms with Crippen molar-refractivity contribution in [3.8, 4) is 0 Å². The first-order valence-corrected chi connectivity index (χ1v) is 1.56. The van der Waals surface area contributed by atoms with Gasteiger partial charge in [-0.3, -0.25) is 0 Å². The molecule has 0 unspecified atom stereocenters. The van der Waals surface area contributed by atoms with Gasteiger partial charge in [-0.1, -0.05) is 12.2 Å². The van der Waals surface area contributed by atoms with Crippen LogP contribution in [0, 0.1) is 0 Å². The van der Waals surface area contributed by atoms with E-state index in [9.17, 15) is 0 Å². The van der Waals surface area contributed by atoms with Crippen molar-refractivity contribution in [2.45, 2.75) is 13.7 Å². The Morgan fingerprint density at radius 2 is 2.00 bits per heavy atom. The average Bonchev–Trinajstić information content (AvgIpc) is 1.73. The lowest BCUT2D eigenvalue weighted by Crippen LogP contribution is -1.59. The summed E-state index contributed by atoms with van der Waals surface area (Å²) in [7, 11) is 0. The molecule has 0 fully saturated rings. The van der Waals surface area contributed by atoms with Gasteiger partial charge in [0.25, 0.3) is 0 Å². The minimum Gasteiger partial charge on any atom is -0.473 e. The lowest BCUT2D eigenvalue weighted by atomic mass is 10.7. The molecular formula is C6H10O. The first kappa shape index (κ1) is 0.993. The summed E-state index contributed by atoms with van der Waals surface area (Å²) in [5.74, 6) is 0. The first-order valence-electron chi connectivity index (χ1n) is 5.56. The second-order valence-corrected chi connectivity index (χ2v) is 0.626. The predicted molar refractivity (Wildman–Crippen MR) is 30.7 cm³/mol. The van der Waals surface area contributed by atoms with Crippen molar-refractivity contribution in [3.63, 3.8) is 0 Å². The number of ether oxygens (including phenoxy) is 1. The van der Waals surface area contributed by atoms with E-state index in [1.807, 2.05) is 0 Å². The maximum atomic E-state index is 7.00. The van der Waals surface area contributed by atoms with E-state index in [2.05, 4.69) is 4.74 Å². The van der Waals surface area contributed by atoms with Crippen LogP contribution in [0.3, 0.4) is 0 Å². The van der Waals surface area contributed by atoms with E-state index < -0.39 is 26.2 Å². The van der Waals surface area contributed by atoms with Gasteiger partial charge in [0.1, 0.15) is 2.74 Å². The normalized spacial score (nSPS) is 34.3. The Labute approximate surface area is 55.5 Å². The van der Waals surface area contributed by atoms with Gasteiger partial charge in [-0.05, 0) is 13.7 Å². The molecule has 0 heterocycles. The van der Waals surface area contributed by atoms with Crippen LogP contribution in [-0.4, -0.2) is 0 Å². The average molecular weight is 106 g/mol. The SMILES string of the molecule is [2H]/C(=C\C([2H])([2H])[2H])O/C([2H])=C/C([2H])([2H])[2H]. The fourth-order valence-corrected chi connectivity index (χ4v) is 0.0929. The Balaban J connectivity index is 4.50. The number of rotatable bonds is 2. The molecule has 0 spiro atoms. The molecule has 0 saturated carbocycles. The molecular weight excluding hydrogens is 88.1 g/mol. The number of hydrogen-bond donors (Lipinski definition) is 0. The molecule has 0 atom stereocenters. The molecule has 0 radical (unpaired) electrons. The second-order valence-electron chi connectivity index (χ2n) is 0.626. The van der Waals surface area contributed by atoms with Crippen molar-refractivity contribution in [3.05, 3.63) is 24.6 Å². The van der Waals surface area contributed by atoms with Gasteiger partial charge >= 0.3 is 0 Å². The van der Waals surface area contributed by atoms with Gasteiger partial charge in [-0.25, -0.2) is 0 Å². The molecule has 0 aromatic heterocycles. The molecule has 0 bridgehead atoms. The lowest BCUT2D eigenvalue weighted by molar-refractivity contribution is 0.401. The summed E-state index contributed by atoms with van der Waals surface area (Å²) < 4.78 is 58.8. The van der Waals surface area contributed by atoms with E-state index in [0.717, 1.165) is 0 Å². The van der Waals surface area contributed by atoms with Crippen LogP contribution in [0.5, 0.6) is 0 Å². The van der Waals surface area contributed by atoms with Gasteiger partial charge in [-0.2, -0.15) is 0 Å². The van der Waals surface area contributed by atoms with E-state index in [-0.39, 0.29) is 0 Å². The molecule has 7 heavy (non-hydrogen) atoms. The molecule has 0 aliphatic carbocycles. The molecule has 0 N–H and O–H groups in total. The molecule has 1 nitrogen and oxygen atoms in total. The fraction of sp³-hybridized carbons (Fsp3) is 0.333. The lowest BCUT2D eigenvalue weighted by Gasteiger charge is -1.82. The van der Waals surface area contributed by atoms with Crippen LogP contribution in [0.2, 0.25) is 0 Å². The Bertz CT molecular complexity index is 242. The summed E-state index contributed by atoms with van der Waals surface area (Å²) in [5, 5.41) is 0. The van der Waals surface area contributed by atoms with Gasteiger partial charge in [0.05, 0.1) is 12.5 Å². The van der Waals surface area contributed by atoms with Crippen LogP contribution < -0.4 is 0 Å². The highest BCUT2D eigenvalue weighted by Crippen LogP contribution is 1.76. The van der Waals surface area contributed by atoms with Gasteiger partial charge < -0.3 is 4.74 Å². The van der Waals surface area contributed by atoms with Crippen molar-refractivity contribution < 1.29 is 15.7 Å². The third-order valence-electron chi connectivity index (χ3n) is 0.236. The first-order chi connectivity index (χ1) is 6.49. The molecule has 0 aliphatic rings. The van der Waals surface area contributed by atoms with Crippen molar-refractivity contribution in [1.82, 2.24) is 0 Å². The quantitative estimate of drug-likeness (QED) is 0.490. The zero-order valence-electron chi connectivity index (χ0n) is 11.6. The van der Waals surface area contributed by atoms with Crippen molar-refractivity contribution >= 4 is 0 Å². The predicted octanol–water partition coefficient (Wildman–Crippen LogP) is 2.07. The van der Waals surface area contributed by atoms with Crippen LogP contribution in [0.15, 0.2) is 24.6 Å². The Hall–Kier alpha value is -0.720. The van der Waals surface area contributed by atoms with Crippen molar-refractivity contribution in [2.75, 3.05) is 0 Å². The van der Waals surface area contributed by atoms with E-state index in [1.165, 1.54) is 0 Å². The van der Waals surface area contributed by atoms with E-state index in [0.29, 0.717) is 12.2 Å². The van der Waals surface area contributed by atoms with Crippen LogP contribution in [0.4, 0.5) is 0 Å². The standard InChI is InChI=1S/C6H10O/c1-3-5-7-6-4-2/h3-6H,1-2H3/b5-3+,6-4+/i1D3,2D3,5D,6D. The molecule has 1 heteroatoms. The van der Waals surface area contributed by atoms with E-state index >= 15 is 0 Å². The van der Waals surface area contributed by atoms with Crippen LogP contribution in [0.1, 0.15) is 24.7 Å². The van der Waals surface area contributed by atoms with Gasteiger partial charge in [0, 0.05) is 8.22 Å². The summed E-state index contributed by atoms with van der Waals surface area (Å²) >= 11 is 0.